The van der Waals surface area contributed by atoms with Crippen molar-refractivity contribution in [2.75, 3.05) is 5.32 Å². The number of carbonyl (C=O) groups excluding carboxylic acids is 1. The first-order valence-corrected chi connectivity index (χ1v) is 6.08. The van der Waals surface area contributed by atoms with Gasteiger partial charge in [-0.25, -0.2) is 0 Å². The highest BCUT2D eigenvalue weighted by atomic mass is 16.4. The monoisotopic (exact) mass is 273 g/mol. The maximum absolute atomic E-state index is 12.1. The molecule has 0 bridgehead atoms. The molecule has 0 aliphatic carbocycles. The van der Waals surface area contributed by atoms with Crippen molar-refractivity contribution in [3.05, 3.63) is 47.3 Å². The summed E-state index contributed by atoms with van der Waals surface area (Å²) in [7, 11) is 0. The summed E-state index contributed by atoms with van der Waals surface area (Å²) in [6.45, 7) is 3.61. The fourth-order valence-corrected chi connectivity index (χ4v) is 1.96. The van der Waals surface area contributed by atoms with E-state index < -0.39 is 5.97 Å². The van der Waals surface area contributed by atoms with Crippen LogP contribution in [-0.4, -0.2) is 26.8 Å². The third-order valence-electron chi connectivity index (χ3n) is 2.67. The van der Waals surface area contributed by atoms with Crippen LogP contribution in [0.1, 0.15) is 21.5 Å². The van der Waals surface area contributed by atoms with Gasteiger partial charge in [-0.15, -0.1) is 0 Å². The Morgan fingerprint density at radius 2 is 1.90 bits per heavy atom. The molecule has 2 N–H and O–H groups in total. The van der Waals surface area contributed by atoms with Crippen LogP contribution in [0.2, 0.25) is 0 Å². The minimum atomic E-state index is -0.986. The van der Waals surface area contributed by atoms with Gasteiger partial charge in [-0.1, -0.05) is 17.2 Å². The summed E-state index contributed by atoms with van der Waals surface area (Å²) in [5, 5.41) is 15.2. The number of nitrogens with zero attached hydrogens (tertiary/aromatic N) is 2. The van der Waals surface area contributed by atoms with E-state index in [1.807, 2.05) is 19.9 Å². The van der Waals surface area contributed by atoms with Gasteiger partial charge >= 0.3 is 5.97 Å². The molecular weight excluding hydrogens is 258 g/mol. The van der Waals surface area contributed by atoms with Crippen LogP contribution in [0.4, 0.5) is 5.69 Å². The molecule has 0 radical (unpaired) electrons. The molecule has 0 saturated heterocycles. The van der Waals surface area contributed by atoms with Crippen molar-refractivity contribution >= 4 is 17.6 Å². The largest absolute Gasteiger partial charge is 0.480 e. The number of nitrogens with one attached hydrogen (secondary N) is 1. The van der Waals surface area contributed by atoms with E-state index in [0.29, 0.717) is 11.3 Å². The Hall–Kier alpha value is -2.63. The minimum absolute atomic E-state index is 0.237. The third kappa shape index (κ3) is 3.44. The zero-order valence-corrected chi connectivity index (χ0v) is 11.3. The van der Waals surface area contributed by atoms with Gasteiger partial charge in [0.05, 0.1) is 11.9 Å². The van der Waals surface area contributed by atoms with Gasteiger partial charge in [-0.05, 0) is 26.0 Å². The molecule has 0 spiro atoms. The Bertz CT molecular complexity index is 641. The molecule has 0 fully saturated rings. The van der Waals surface area contributed by atoms with Gasteiger partial charge in [-0.3, -0.25) is 14.3 Å². The van der Waals surface area contributed by atoms with Crippen molar-refractivity contribution in [3.8, 4) is 0 Å². The first-order valence-electron chi connectivity index (χ1n) is 6.08. The van der Waals surface area contributed by atoms with E-state index in [-0.39, 0.29) is 12.5 Å². The van der Waals surface area contributed by atoms with Crippen LogP contribution >= 0.6 is 0 Å². The lowest BCUT2D eigenvalue weighted by molar-refractivity contribution is -0.137. The molecule has 1 heterocycles. The Labute approximate surface area is 116 Å². The molecule has 1 amide bonds. The number of carbonyl (C=O) groups is 2. The standard InChI is InChI=1S/C14H15N3O3/c1-9-3-10(2)5-11(4-9)14(20)16-12-6-15-17(7-12)8-13(18)19/h3-7H,8H2,1-2H3,(H,16,20)(H,18,19). The number of benzene rings is 1. The minimum Gasteiger partial charge on any atom is -0.480 e. The van der Waals surface area contributed by atoms with Gasteiger partial charge in [0.15, 0.2) is 0 Å². The van der Waals surface area contributed by atoms with Crippen molar-refractivity contribution in [1.29, 1.82) is 0 Å². The molecule has 0 unspecified atom stereocenters. The third-order valence-corrected chi connectivity index (χ3v) is 2.67. The number of aryl methyl sites for hydroxylation is 2. The van der Waals surface area contributed by atoms with E-state index in [2.05, 4.69) is 10.4 Å². The summed E-state index contributed by atoms with van der Waals surface area (Å²) < 4.78 is 1.25. The molecule has 1 aromatic carbocycles. The molecular formula is C14H15N3O3. The molecule has 104 valence electrons. The molecule has 2 rings (SSSR count). The molecule has 20 heavy (non-hydrogen) atoms. The maximum Gasteiger partial charge on any atom is 0.325 e. The highest BCUT2D eigenvalue weighted by molar-refractivity contribution is 6.04. The van der Waals surface area contributed by atoms with Crippen LogP contribution in [0.25, 0.3) is 0 Å². The molecule has 0 aliphatic heterocycles. The fourth-order valence-electron chi connectivity index (χ4n) is 1.96. The van der Waals surface area contributed by atoms with Gasteiger partial charge in [-0.2, -0.15) is 5.10 Å². The summed E-state index contributed by atoms with van der Waals surface area (Å²) >= 11 is 0. The number of hydrogen-bond acceptors (Lipinski definition) is 3. The first-order chi connectivity index (χ1) is 9.44. The second kappa shape index (κ2) is 5.56. The number of amides is 1. The summed E-state index contributed by atoms with van der Waals surface area (Å²) in [6.07, 6.45) is 2.90. The predicted molar refractivity (Wildman–Crippen MR) is 73.7 cm³/mol. The summed E-state index contributed by atoms with van der Waals surface area (Å²) in [5.74, 6) is -1.23. The van der Waals surface area contributed by atoms with E-state index in [1.54, 1.807) is 12.1 Å². The first kappa shape index (κ1) is 13.8. The van der Waals surface area contributed by atoms with Crippen molar-refractivity contribution in [1.82, 2.24) is 9.78 Å². The van der Waals surface area contributed by atoms with E-state index in [9.17, 15) is 9.59 Å². The van der Waals surface area contributed by atoms with Crippen LogP contribution in [0.15, 0.2) is 30.6 Å². The summed E-state index contributed by atoms with van der Waals surface area (Å²) in [6, 6.07) is 5.58. The van der Waals surface area contributed by atoms with Gasteiger partial charge < -0.3 is 10.4 Å². The second-order valence-electron chi connectivity index (χ2n) is 4.65. The zero-order chi connectivity index (χ0) is 14.7. The van der Waals surface area contributed by atoms with Crippen molar-refractivity contribution in [2.24, 2.45) is 0 Å². The second-order valence-corrected chi connectivity index (χ2v) is 4.65. The number of hydrogen-bond donors (Lipinski definition) is 2. The topological polar surface area (TPSA) is 84.2 Å². The Morgan fingerprint density at radius 1 is 1.25 bits per heavy atom. The molecule has 1 aromatic heterocycles. The number of aromatic nitrogens is 2. The number of carboxylic acids is 1. The lowest BCUT2D eigenvalue weighted by Gasteiger charge is -2.05. The molecule has 0 saturated carbocycles. The van der Waals surface area contributed by atoms with E-state index in [4.69, 9.17) is 5.11 Å². The van der Waals surface area contributed by atoms with Crippen molar-refractivity contribution in [3.63, 3.8) is 0 Å². The Balaban J connectivity index is 2.11. The van der Waals surface area contributed by atoms with Crippen molar-refractivity contribution < 1.29 is 14.7 Å². The highest BCUT2D eigenvalue weighted by Crippen LogP contribution is 2.12. The van der Waals surface area contributed by atoms with Crippen LogP contribution in [0.3, 0.4) is 0 Å². The predicted octanol–water partition coefficient (Wildman–Crippen LogP) is 1.84. The molecule has 6 nitrogen and oxygen atoms in total. The van der Waals surface area contributed by atoms with E-state index in [0.717, 1.165) is 11.1 Å². The Kier molecular flexibility index (Phi) is 3.84. The average molecular weight is 273 g/mol. The fraction of sp³-hybridized carbons (Fsp3) is 0.214. The van der Waals surface area contributed by atoms with E-state index >= 15 is 0 Å². The van der Waals surface area contributed by atoms with Crippen LogP contribution < -0.4 is 5.32 Å². The molecule has 6 heteroatoms. The molecule has 0 atom stereocenters. The van der Waals surface area contributed by atoms with Gasteiger partial charge in [0.1, 0.15) is 6.54 Å². The summed E-state index contributed by atoms with van der Waals surface area (Å²) in [4.78, 5) is 22.6. The average Bonchev–Trinajstić information content (AvgIpc) is 2.74. The molecule has 0 aliphatic rings. The lowest BCUT2D eigenvalue weighted by atomic mass is 10.1. The van der Waals surface area contributed by atoms with Gasteiger partial charge in [0, 0.05) is 11.8 Å². The maximum atomic E-state index is 12.1. The smallest absolute Gasteiger partial charge is 0.325 e. The van der Waals surface area contributed by atoms with Crippen LogP contribution in [0, 0.1) is 13.8 Å². The quantitative estimate of drug-likeness (QED) is 0.890. The Morgan fingerprint density at radius 3 is 2.50 bits per heavy atom. The summed E-state index contributed by atoms with van der Waals surface area (Å²) in [5.41, 5.74) is 3.05. The van der Waals surface area contributed by atoms with Gasteiger partial charge in [0.2, 0.25) is 0 Å². The number of carboxylic acid groups (broad SMARTS) is 1. The zero-order valence-electron chi connectivity index (χ0n) is 11.3. The van der Waals surface area contributed by atoms with Gasteiger partial charge in [0.25, 0.3) is 5.91 Å². The van der Waals surface area contributed by atoms with Crippen LogP contribution in [0.5, 0.6) is 0 Å². The highest BCUT2D eigenvalue weighted by Gasteiger charge is 2.09. The normalized spacial score (nSPS) is 10.3. The lowest BCUT2D eigenvalue weighted by Crippen LogP contribution is -2.12. The molecule has 2 aromatic rings. The number of aliphatic carboxylic acids is 1. The van der Waals surface area contributed by atoms with Crippen LogP contribution in [-0.2, 0) is 11.3 Å². The van der Waals surface area contributed by atoms with E-state index in [1.165, 1.54) is 17.1 Å². The van der Waals surface area contributed by atoms with Crippen molar-refractivity contribution in [2.45, 2.75) is 20.4 Å². The number of anilines is 1. The number of rotatable bonds is 4. The SMILES string of the molecule is Cc1cc(C)cc(C(=O)Nc2cnn(CC(=O)O)c2)c1.